The largest absolute Gasteiger partial charge is 1.00 e. The number of hydrogen-bond acceptors (Lipinski definition) is 4. The molecule has 48 valence electrons. The van der Waals surface area contributed by atoms with Crippen molar-refractivity contribution in [2.24, 2.45) is 0 Å². The van der Waals surface area contributed by atoms with E-state index in [1.807, 2.05) is 0 Å². The minimum absolute atomic E-state index is 0. The quantitative estimate of drug-likeness (QED) is 0.220. The predicted molar refractivity (Wildman–Crippen MR) is 21.9 cm³/mol. The number of epoxide rings is 1. The third-order valence-electron chi connectivity index (χ3n) is 0.991. The Hall–Kier alpha value is 1.11. The van der Waals surface area contributed by atoms with E-state index >= 15 is 0 Å². The fourth-order valence-electron chi connectivity index (χ4n) is 0.506. The molecule has 0 N–H and O–H groups in total. The summed E-state index contributed by atoms with van der Waals surface area (Å²) in [6.45, 7) is 1.55. The van der Waals surface area contributed by atoms with Crippen LogP contribution in [0.2, 0.25) is 0 Å². The predicted octanol–water partition coefficient (Wildman–Crippen LogP) is -4.35. The average Bonchev–Trinajstić information content (AvgIpc) is 2.13. The number of ether oxygens (including phenoxy) is 1. The van der Waals surface area contributed by atoms with Gasteiger partial charge in [0.25, 0.3) is 0 Å². The first kappa shape index (κ1) is 10.1. The zero-order valence-corrected chi connectivity index (χ0v) is 8.13. The van der Waals surface area contributed by atoms with Crippen molar-refractivity contribution in [3.05, 3.63) is 0 Å². The standard InChI is InChI=1S/C3H7O4P.Na/c1-2-3(7-2)8(4,5)6;/h2-3H,1H3,(H2,4,5,6);/q;+1/p-2/t2-,3+;/m0./s1. The Morgan fingerprint density at radius 2 is 1.89 bits per heavy atom. The van der Waals surface area contributed by atoms with Crippen LogP contribution in [-0.4, -0.2) is 11.9 Å². The summed E-state index contributed by atoms with van der Waals surface area (Å²) in [7, 11) is -4.40. The SMILES string of the molecule is C[C@@H]1O[C@@H]1P(=O)([O-])[O-].[Na+]. The fourth-order valence-corrected chi connectivity index (χ4v) is 1.36. The van der Waals surface area contributed by atoms with E-state index in [-0.39, 0.29) is 35.7 Å². The van der Waals surface area contributed by atoms with Crippen molar-refractivity contribution in [1.29, 1.82) is 0 Å². The van der Waals surface area contributed by atoms with Gasteiger partial charge in [0, 0.05) is 0 Å². The molecule has 1 aliphatic rings. The van der Waals surface area contributed by atoms with Crippen LogP contribution in [0.3, 0.4) is 0 Å². The Kier molecular flexibility index (Phi) is 3.38. The molecule has 1 saturated heterocycles. The Balaban J connectivity index is 0.000000640. The molecule has 0 spiro atoms. The third kappa shape index (κ3) is 2.68. The Bertz CT molecular complexity index is 143. The van der Waals surface area contributed by atoms with Crippen LogP contribution < -0.4 is 39.3 Å². The normalized spacial score (nSPS) is 33.2. The Labute approximate surface area is 75.0 Å². The molecule has 6 heteroatoms. The molecular weight excluding hydrogens is 154 g/mol. The van der Waals surface area contributed by atoms with E-state index in [4.69, 9.17) is 0 Å². The van der Waals surface area contributed by atoms with E-state index in [0.29, 0.717) is 0 Å². The van der Waals surface area contributed by atoms with Gasteiger partial charge in [-0.25, -0.2) is 0 Å². The minimum atomic E-state index is -4.40. The third-order valence-corrected chi connectivity index (χ3v) is 2.16. The molecule has 0 bridgehead atoms. The maximum Gasteiger partial charge on any atom is 1.00 e. The fraction of sp³-hybridized carbons (Fsp3) is 1.00. The van der Waals surface area contributed by atoms with Gasteiger partial charge < -0.3 is 19.1 Å². The maximum absolute atomic E-state index is 9.95. The summed E-state index contributed by atoms with van der Waals surface area (Å²) in [5.74, 6) is -1.04. The van der Waals surface area contributed by atoms with Crippen molar-refractivity contribution < 1.29 is 48.6 Å². The van der Waals surface area contributed by atoms with Gasteiger partial charge in [-0.1, -0.05) is 0 Å². The monoisotopic (exact) mass is 159 g/mol. The van der Waals surface area contributed by atoms with Crippen molar-refractivity contribution >= 4 is 7.60 Å². The number of hydrogen-bond donors (Lipinski definition) is 0. The van der Waals surface area contributed by atoms with Crippen LogP contribution in [0.1, 0.15) is 6.92 Å². The second-order valence-corrected chi connectivity index (χ2v) is 3.36. The first-order valence-corrected chi connectivity index (χ1v) is 3.80. The molecule has 0 aromatic heterocycles. The molecule has 0 radical (unpaired) electrons. The summed E-state index contributed by atoms with van der Waals surface area (Å²) in [4.78, 5) is 19.9. The second kappa shape index (κ2) is 3.01. The molecule has 0 saturated carbocycles. The van der Waals surface area contributed by atoms with Crippen LogP contribution in [0.15, 0.2) is 0 Å². The van der Waals surface area contributed by atoms with Crippen molar-refractivity contribution in [3.63, 3.8) is 0 Å². The smallest absolute Gasteiger partial charge is 0.809 e. The molecular formula is C3H5NaO4P-. The molecule has 0 aliphatic carbocycles. The molecule has 0 unspecified atom stereocenters. The first-order valence-electron chi connectivity index (χ1n) is 2.19. The van der Waals surface area contributed by atoms with Crippen LogP contribution in [0.25, 0.3) is 0 Å². The minimum Gasteiger partial charge on any atom is -0.809 e. The van der Waals surface area contributed by atoms with E-state index in [2.05, 4.69) is 4.74 Å². The van der Waals surface area contributed by atoms with E-state index in [0.717, 1.165) is 0 Å². The van der Waals surface area contributed by atoms with Gasteiger partial charge in [-0.3, -0.25) is 0 Å². The Morgan fingerprint density at radius 1 is 1.56 bits per heavy atom. The molecule has 0 aromatic rings. The van der Waals surface area contributed by atoms with Gasteiger partial charge in [0.15, 0.2) is 0 Å². The van der Waals surface area contributed by atoms with Crippen LogP contribution in [-0.2, 0) is 9.30 Å². The van der Waals surface area contributed by atoms with Crippen molar-refractivity contribution in [2.75, 3.05) is 0 Å². The molecule has 9 heavy (non-hydrogen) atoms. The van der Waals surface area contributed by atoms with E-state index < -0.39 is 13.4 Å². The maximum atomic E-state index is 9.95. The van der Waals surface area contributed by atoms with Gasteiger partial charge in [0.1, 0.15) is 5.85 Å². The summed E-state index contributed by atoms with van der Waals surface area (Å²) < 4.78 is 14.3. The zero-order chi connectivity index (χ0) is 6.36. The van der Waals surface area contributed by atoms with Gasteiger partial charge in [-0.05, 0) is 14.5 Å². The molecule has 2 atom stereocenters. The molecule has 1 aliphatic heterocycles. The topological polar surface area (TPSA) is 75.7 Å². The summed E-state index contributed by atoms with van der Waals surface area (Å²) in [5.41, 5.74) is 0. The van der Waals surface area contributed by atoms with Crippen LogP contribution >= 0.6 is 7.60 Å². The summed E-state index contributed by atoms with van der Waals surface area (Å²) >= 11 is 0. The van der Waals surface area contributed by atoms with E-state index in [1.165, 1.54) is 0 Å². The molecule has 0 amide bonds. The number of rotatable bonds is 1. The zero-order valence-electron chi connectivity index (χ0n) is 5.23. The van der Waals surface area contributed by atoms with Crippen LogP contribution in [0.4, 0.5) is 0 Å². The summed E-state index contributed by atoms with van der Waals surface area (Å²) in [6.07, 6.45) is -0.379. The average molecular weight is 159 g/mol. The van der Waals surface area contributed by atoms with Gasteiger partial charge in [0.2, 0.25) is 0 Å². The van der Waals surface area contributed by atoms with Crippen LogP contribution in [0.5, 0.6) is 0 Å². The van der Waals surface area contributed by atoms with Gasteiger partial charge in [-0.15, -0.1) is 0 Å². The summed E-state index contributed by atoms with van der Waals surface area (Å²) in [5, 5.41) is 0. The molecule has 1 rings (SSSR count). The molecule has 4 nitrogen and oxygen atoms in total. The van der Waals surface area contributed by atoms with Gasteiger partial charge in [-0.2, -0.15) is 0 Å². The second-order valence-electron chi connectivity index (χ2n) is 1.77. The van der Waals surface area contributed by atoms with Crippen molar-refractivity contribution in [3.8, 4) is 0 Å². The van der Waals surface area contributed by atoms with Gasteiger partial charge >= 0.3 is 29.6 Å². The summed E-state index contributed by atoms with van der Waals surface area (Å²) in [6, 6.07) is 0. The van der Waals surface area contributed by atoms with Crippen LogP contribution in [0, 0.1) is 0 Å². The van der Waals surface area contributed by atoms with E-state index in [9.17, 15) is 14.4 Å². The first-order chi connectivity index (χ1) is 3.52. The molecule has 1 heterocycles. The van der Waals surface area contributed by atoms with Gasteiger partial charge in [0.05, 0.1) is 6.10 Å². The molecule has 0 aromatic carbocycles. The Morgan fingerprint density at radius 3 is 1.89 bits per heavy atom. The van der Waals surface area contributed by atoms with E-state index in [1.54, 1.807) is 6.92 Å². The van der Waals surface area contributed by atoms with Crippen molar-refractivity contribution in [2.45, 2.75) is 18.9 Å². The van der Waals surface area contributed by atoms with Crippen molar-refractivity contribution in [1.82, 2.24) is 0 Å². The molecule has 1 fully saturated rings.